The number of hydrogen-bond acceptors (Lipinski definition) is 3. The third-order valence-electron chi connectivity index (χ3n) is 4.47. The molecule has 112 valence electrons. The summed E-state index contributed by atoms with van der Waals surface area (Å²) in [5, 5.41) is 0. The van der Waals surface area contributed by atoms with Crippen molar-refractivity contribution in [3.05, 3.63) is 29.8 Å². The van der Waals surface area contributed by atoms with Crippen molar-refractivity contribution in [2.75, 3.05) is 20.2 Å². The highest BCUT2D eigenvalue weighted by Crippen LogP contribution is 2.36. The third-order valence-corrected chi connectivity index (χ3v) is 4.47. The highest BCUT2D eigenvalue weighted by Gasteiger charge is 2.31. The molecule has 2 rings (SSSR count). The summed E-state index contributed by atoms with van der Waals surface area (Å²) in [6, 6.07) is 9.51. The Hall–Kier alpha value is -1.06. The minimum absolute atomic E-state index is 0.438. The fraction of sp³-hybridized carbons (Fsp3) is 0.647. The van der Waals surface area contributed by atoms with Crippen LogP contribution in [0.15, 0.2) is 24.3 Å². The second kappa shape index (κ2) is 7.09. The van der Waals surface area contributed by atoms with E-state index in [0.717, 1.165) is 12.3 Å². The zero-order valence-corrected chi connectivity index (χ0v) is 13.0. The first-order chi connectivity index (χ1) is 9.67. The molecule has 3 nitrogen and oxygen atoms in total. The second-order valence-electron chi connectivity index (χ2n) is 6.04. The van der Waals surface area contributed by atoms with E-state index in [-0.39, 0.29) is 0 Å². The average Bonchev–Trinajstić information content (AvgIpc) is 2.69. The normalized spacial score (nSPS) is 24.6. The van der Waals surface area contributed by atoms with Gasteiger partial charge in [0.05, 0.1) is 7.11 Å². The van der Waals surface area contributed by atoms with Gasteiger partial charge in [-0.05, 0) is 63.4 Å². The molecule has 1 aliphatic rings. The van der Waals surface area contributed by atoms with Crippen molar-refractivity contribution in [1.82, 2.24) is 4.90 Å². The van der Waals surface area contributed by atoms with Crippen LogP contribution in [0.1, 0.15) is 44.7 Å². The van der Waals surface area contributed by atoms with Crippen molar-refractivity contribution in [2.45, 2.75) is 45.2 Å². The predicted molar refractivity (Wildman–Crippen MR) is 84.0 cm³/mol. The van der Waals surface area contributed by atoms with Gasteiger partial charge in [-0.1, -0.05) is 18.6 Å². The molecular formula is C17H28N2O. The Balaban J connectivity index is 2.32. The van der Waals surface area contributed by atoms with E-state index in [1.165, 1.54) is 31.4 Å². The summed E-state index contributed by atoms with van der Waals surface area (Å²) in [6.45, 7) is 6.51. The van der Waals surface area contributed by atoms with Gasteiger partial charge in [0.1, 0.15) is 5.75 Å². The van der Waals surface area contributed by atoms with Crippen molar-refractivity contribution >= 4 is 0 Å². The minimum Gasteiger partial charge on any atom is -0.497 e. The Morgan fingerprint density at radius 1 is 1.25 bits per heavy atom. The third kappa shape index (κ3) is 3.33. The fourth-order valence-corrected chi connectivity index (χ4v) is 3.36. The molecule has 0 aliphatic carbocycles. The van der Waals surface area contributed by atoms with Crippen molar-refractivity contribution in [3.8, 4) is 5.75 Å². The molecule has 0 bridgehead atoms. The maximum Gasteiger partial charge on any atom is 0.118 e. The van der Waals surface area contributed by atoms with Crippen LogP contribution in [0.25, 0.3) is 0 Å². The zero-order chi connectivity index (χ0) is 14.5. The van der Waals surface area contributed by atoms with Gasteiger partial charge in [0.2, 0.25) is 0 Å². The highest BCUT2D eigenvalue weighted by molar-refractivity contribution is 5.30. The van der Waals surface area contributed by atoms with Crippen LogP contribution in [0.4, 0.5) is 0 Å². The van der Waals surface area contributed by atoms with E-state index in [9.17, 15) is 0 Å². The van der Waals surface area contributed by atoms with Gasteiger partial charge in [-0.15, -0.1) is 0 Å². The van der Waals surface area contributed by atoms with Crippen molar-refractivity contribution < 1.29 is 4.74 Å². The van der Waals surface area contributed by atoms with Gasteiger partial charge < -0.3 is 10.5 Å². The SMILES string of the molecule is COc1ccc(C2C(CN)CCCCN2C(C)C)cc1. The highest BCUT2D eigenvalue weighted by atomic mass is 16.5. The molecule has 1 heterocycles. The smallest absolute Gasteiger partial charge is 0.118 e. The molecule has 1 aromatic carbocycles. The van der Waals surface area contributed by atoms with Crippen LogP contribution in [0.3, 0.4) is 0 Å². The molecule has 0 radical (unpaired) electrons. The number of rotatable bonds is 4. The molecule has 1 saturated heterocycles. The summed E-state index contributed by atoms with van der Waals surface area (Å²) < 4.78 is 5.27. The molecule has 0 saturated carbocycles. The summed E-state index contributed by atoms with van der Waals surface area (Å²) >= 11 is 0. The molecule has 1 aromatic rings. The van der Waals surface area contributed by atoms with Crippen LogP contribution in [0, 0.1) is 5.92 Å². The predicted octanol–water partition coefficient (Wildman–Crippen LogP) is 3.21. The summed E-state index contributed by atoms with van der Waals surface area (Å²) in [5.41, 5.74) is 7.44. The lowest BCUT2D eigenvalue weighted by Crippen LogP contribution is -2.39. The molecule has 3 heteroatoms. The number of nitrogens with two attached hydrogens (primary N) is 1. The number of nitrogens with zero attached hydrogens (tertiary/aromatic N) is 1. The lowest BCUT2D eigenvalue weighted by atomic mass is 9.88. The summed E-state index contributed by atoms with van der Waals surface area (Å²) in [4.78, 5) is 2.62. The average molecular weight is 276 g/mol. The lowest BCUT2D eigenvalue weighted by Gasteiger charge is -2.38. The van der Waals surface area contributed by atoms with Crippen molar-refractivity contribution in [2.24, 2.45) is 11.7 Å². The van der Waals surface area contributed by atoms with Gasteiger partial charge in [-0.3, -0.25) is 4.90 Å². The summed E-state index contributed by atoms with van der Waals surface area (Å²) in [5.74, 6) is 1.47. The number of hydrogen-bond donors (Lipinski definition) is 1. The van der Waals surface area contributed by atoms with E-state index in [1.807, 2.05) is 0 Å². The Bertz CT molecular complexity index is 402. The number of ether oxygens (including phenoxy) is 1. The van der Waals surface area contributed by atoms with Crippen LogP contribution >= 0.6 is 0 Å². The molecule has 1 aliphatic heterocycles. The maximum absolute atomic E-state index is 6.07. The van der Waals surface area contributed by atoms with E-state index in [1.54, 1.807) is 7.11 Å². The molecule has 0 amide bonds. The molecular weight excluding hydrogens is 248 g/mol. The van der Waals surface area contributed by atoms with Crippen molar-refractivity contribution in [1.29, 1.82) is 0 Å². The minimum atomic E-state index is 0.438. The van der Waals surface area contributed by atoms with Crippen LogP contribution in [0.5, 0.6) is 5.75 Å². The molecule has 1 fully saturated rings. The monoisotopic (exact) mass is 276 g/mol. The van der Waals surface area contributed by atoms with Gasteiger partial charge in [0.15, 0.2) is 0 Å². The molecule has 2 N–H and O–H groups in total. The maximum atomic E-state index is 6.07. The second-order valence-corrected chi connectivity index (χ2v) is 6.04. The number of methoxy groups -OCH3 is 1. The molecule has 20 heavy (non-hydrogen) atoms. The standard InChI is InChI=1S/C17H28N2O/c1-13(2)19-11-5-4-6-15(12-18)17(19)14-7-9-16(20-3)10-8-14/h7-10,13,15,17H,4-6,11-12,18H2,1-3H3. The van der Waals surface area contributed by atoms with E-state index in [0.29, 0.717) is 18.0 Å². The Morgan fingerprint density at radius 2 is 1.95 bits per heavy atom. The van der Waals surface area contributed by atoms with Crippen LogP contribution in [0.2, 0.25) is 0 Å². The Labute approximate surface area is 123 Å². The largest absolute Gasteiger partial charge is 0.497 e. The molecule has 0 aromatic heterocycles. The molecule has 2 atom stereocenters. The topological polar surface area (TPSA) is 38.5 Å². The first-order valence-corrected chi connectivity index (χ1v) is 7.77. The Morgan fingerprint density at radius 3 is 2.50 bits per heavy atom. The Kier molecular flexibility index (Phi) is 5.44. The number of likely N-dealkylation sites (tertiary alicyclic amines) is 1. The van der Waals surface area contributed by atoms with Gasteiger partial charge >= 0.3 is 0 Å². The van der Waals surface area contributed by atoms with Crippen LogP contribution in [-0.4, -0.2) is 31.1 Å². The van der Waals surface area contributed by atoms with E-state index < -0.39 is 0 Å². The fourth-order valence-electron chi connectivity index (χ4n) is 3.36. The summed E-state index contributed by atoms with van der Waals surface area (Å²) in [6.07, 6.45) is 3.80. The first kappa shape index (κ1) is 15.3. The van der Waals surface area contributed by atoms with Crippen LogP contribution in [-0.2, 0) is 0 Å². The van der Waals surface area contributed by atoms with E-state index in [2.05, 4.69) is 43.0 Å². The quantitative estimate of drug-likeness (QED) is 0.917. The molecule has 2 unspecified atom stereocenters. The molecule has 0 spiro atoms. The van der Waals surface area contributed by atoms with Crippen molar-refractivity contribution in [3.63, 3.8) is 0 Å². The van der Waals surface area contributed by atoms with Gasteiger partial charge in [0, 0.05) is 12.1 Å². The zero-order valence-electron chi connectivity index (χ0n) is 13.0. The van der Waals surface area contributed by atoms with Gasteiger partial charge in [-0.25, -0.2) is 0 Å². The van der Waals surface area contributed by atoms with Crippen LogP contribution < -0.4 is 10.5 Å². The lowest BCUT2D eigenvalue weighted by molar-refractivity contribution is 0.121. The van der Waals surface area contributed by atoms with Gasteiger partial charge in [0.25, 0.3) is 0 Å². The first-order valence-electron chi connectivity index (χ1n) is 7.77. The van der Waals surface area contributed by atoms with E-state index in [4.69, 9.17) is 10.5 Å². The van der Waals surface area contributed by atoms with E-state index >= 15 is 0 Å². The number of benzene rings is 1. The summed E-state index contributed by atoms with van der Waals surface area (Å²) in [7, 11) is 1.71. The van der Waals surface area contributed by atoms with Gasteiger partial charge in [-0.2, -0.15) is 0 Å².